The van der Waals surface area contributed by atoms with Crippen LogP contribution in [-0.4, -0.2) is 34.3 Å². The molecule has 0 amide bonds. The van der Waals surface area contributed by atoms with E-state index < -0.39 is 7.14 Å². The van der Waals surface area contributed by atoms with Crippen LogP contribution >= 0.6 is 7.14 Å². The molecule has 0 aromatic heterocycles. The highest BCUT2D eigenvalue weighted by Gasteiger charge is 2.09. The largest absolute Gasteiger partial charge is 0.467 e. The molecule has 26 heavy (non-hydrogen) atoms. The van der Waals surface area contributed by atoms with E-state index in [4.69, 9.17) is 14.4 Å². The van der Waals surface area contributed by atoms with Crippen LogP contribution in [0, 0.1) is 0 Å². The second-order valence-corrected chi connectivity index (χ2v) is 9.34. The van der Waals surface area contributed by atoms with Gasteiger partial charge in [-0.2, -0.15) is 0 Å². The summed E-state index contributed by atoms with van der Waals surface area (Å²) >= 11 is 0. The van der Waals surface area contributed by atoms with Crippen LogP contribution < -0.4 is 10.0 Å². The Morgan fingerprint density at radius 2 is 1.62 bits per heavy atom. The Morgan fingerprint density at radius 3 is 2.23 bits per heavy atom. The standard InChI is InChI=1S/C20H25O5P/c1-22-15-24-20-13-17(7-10-18(20)14-25-23-2)6-5-16-8-11-19(12-9-16)26(3,4)21/h5-13H,14-15H2,1-4H3/b6-5+. The zero-order valence-electron chi connectivity index (χ0n) is 15.6. The molecule has 0 saturated heterocycles. The van der Waals surface area contributed by atoms with Crippen molar-refractivity contribution in [2.24, 2.45) is 0 Å². The van der Waals surface area contributed by atoms with Gasteiger partial charge < -0.3 is 14.0 Å². The van der Waals surface area contributed by atoms with Crippen LogP contribution in [0.4, 0.5) is 0 Å². The first kappa shape index (κ1) is 20.4. The van der Waals surface area contributed by atoms with Crippen molar-refractivity contribution in [3.8, 4) is 5.75 Å². The van der Waals surface area contributed by atoms with Crippen molar-refractivity contribution >= 4 is 24.6 Å². The maximum absolute atomic E-state index is 12.1. The Labute approximate surface area is 154 Å². The maximum atomic E-state index is 12.1. The zero-order valence-corrected chi connectivity index (χ0v) is 16.5. The third-order valence-corrected chi connectivity index (χ3v) is 5.28. The van der Waals surface area contributed by atoms with Crippen LogP contribution in [0.5, 0.6) is 5.75 Å². The number of methoxy groups -OCH3 is 1. The summed E-state index contributed by atoms with van der Waals surface area (Å²) < 4.78 is 22.7. The minimum Gasteiger partial charge on any atom is -0.467 e. The third kappa shape index (κ3) is 6.11. The Kier molecular flexibility index (Phi) is 7.61. The number of hydrogen-bond acceptors (Lipinski definition) is 5. The predicted molar refractivity (Wildman–Crippen MR) is 105 cm³/mol. The van der Waals surface area contributed by atoms with Crippen molar-refractivity contribution in [2.45, 2.75) is 6.61 Å². The fraction of sp³-hybridized carbons (Fsp3) is 0.300. The van der Waals surface area contributed by atoms with Gasteiger partial charge in [0.2, 0.25) is 0 Å². The molecule has 2 rings (SSSR count). The van der Waals surface area contributed by atoms with Crippen LogP contribution in [0.2, 0.25) is 0 Å². The lowest BCUT2D eigenvalue weighted by Gasteiger charge is -2.11. The van der Waals surface area contributed by atoms with Gasteiger partial charge in [-0.3, -0.25) is 0 Å². The van der Waals surface area contributed by atoms with Crippen LogP contribution in [0.25, 0.3) is 12.2 Å². The Hall–Kier alpha value is -1.91. The molecular formula is C20H25O5P. The first-order chi connectivity index (χ1) is 12.4. The number of rotatable bonds is 9. The van der Waals surface area contributed by atoms with Gasteiger partial charge in [0.25, 0.3) is 0 Å². The van der Waals surface area contributed by atoms with E-state index in [1.165, 1.54) is 7.11 Å². The summed E-state index contributed by atoms with van der Waals surface area (Å²) in [5, 5.41) is 0.882. The van der Waals surface area contributed by atoms with Gasteiger partial charge in [0.05, 0.1) is 7.11 Å². The van der Waals surface area contributed by atoms with Crippen molar-refractivity contribution in [2.75, 3.05) is 34.3 Å². The number of hydrogen-bond donors (Lipinski definition) is 0. The monoisotopic (exact) mass is 376 g/mol. The summed E-state index contributed by atoms with van der Waals surface area (Å²) in [6, 6.07) is 13.6. The maximum Gasteiger partial charge on any atom is 0.188 e. The molecule has 0 radical (unpaired) electrons. The smallest absolute Gasteiger partial charge is 0.188 e. The van der Waals surface area contributed by atoms with Crippen molar-refractivity contribution in [3.05, 3.63) is 59.2 Å². The fourth-order valence-corrected chi connectivity index (χ4v) is 3.18. The molecule has 2 aromatic rings. The lowest BCUT2D eigenvalue weighted by molar-refractivity contribution is -0.282. The Bertz CT molecular complexity index is 777. The molecule has 6 heteroatoms. The molecule has 0 bridgehead atoms. The zero-order chi connectivity index (χ0) is 19.0. The number of ether oxygens (including phenoxy) is 2. The molecule has 0 fully saturated rings. The predicted octanol–water partition coefficient (Wildman–Crippen LogP) is 4.17. The van der Waals surface area contributed by atoms with Crippen molar-refractivity contribution in [1.82, 2.24) is 0 Å². The minimum atomic E-state index is -2.22. The molecule has 0 aliphatic heterocycles. The van der Waals surface area contributed by atoms with Gasteiger partial charge in [-0.05, 0) is 30.5 Å². The molecule has 0 atom stereocenters. The van der Waals surface area contributed by atoms with Gasteiger partial charge in [0, 0.05) is 18.0 Å². The SMILES string of the molecule is COCOc1cc(/C=C/c2ccc(P(C)(C)=O)cc2)ccc1COOC. The molecular weight excluding hydrogens is 351 g/mol. The molecule has 2 aromatic carbocycles. The lowest BCUT2D eigenvalue weighted by atomic mass is 10.1. The highest BCUT2D eigenvalue weighted by Crippen LogP contribution is 2.34. The van der Waals surface area contributed by atoms with E-state index in [1.54, 1.807) is 20.4 Å². The minimum absolute atomic E-state index is 0.155. The highest BCUT2D eigenvalue weighted by atomic mass is 31.2. The van der Waals surface area contributed by atoms with Gasteiger partial charge in [0.15, 0.2) is 6.79 Å². The fourth-order valence-electron chi connectivity index (χ4n) is 2.31. The Balaban J connectivity index is 2.17. The van der Waals surface area contributed by atoms with Crippen molar-refractivity contribution in [1.29, 1.82) is 0 Å². The molecule has 140 valence electrons. The average molecular weight is 376 g/mol. The summed E-state index contributed by atoms with van der Waals surface area (Å²) in [6.45, 7) is 3.99. The lowest BCUT2D eigenvalue weighted by Crippen LogP contribution is -2.03. The summed E-state index contributed by atoms with van der Waals surface area (Å²) in [5.74, 6) is 0.680. The van der Waals surface area contributed by atoms with E-state index in [1.807, 2.05) is 54.6 Å². The van der Waals surface area contributed by atoms with E-state index in [0.29, 0.717) is 5.75 Å². The molecule has 0 aliphatic carbocycles. The van der Waals surface area contributed by atoms with Crippen LogP contribution in [-0.2, 0) is 25.7 Å². The molecule has 0 aliphatic rings. The van der Waals surface area contributed by atoms with Crippen LogP contribution in [0.1, 0.15) is 16.7 Å². The van der Waals surface area contributed by atoms with Gasteiger partial charge in [-0.25, -0.2) is 9.78 Å². The topological polar surface area (TPSA) is 54.0 Å². The van der Waals surface area contributed by atoms with Crippen LogP contribution in [0.3, 0.4) is 0 Å². The van der Waals surface area contributed by atoms with Gasteiger partial charge >= 0.3 is 0 Å². The van der Waals surface area contributed by atoms with Gasteiger partial charge in [-0.1, -0.05) is 48.6 Å². The van der Waals surface area contributed by atoms with E-state index in [2.05, 4.69) is 4.89 Å². The summed E-state index contributed by atoms with van der Waals surface area (Å²) in [7, 11) is 0.818. The average Bonchev–Trinajstić information content (AvgIpc) is 2.63. The van der Waals surface area contributed by atoms with Crippen molar-refractivity contribution in [3.63, 3.8) is 0 Å². The highest BCUT2D eigenvalue weighted by molar-refractivity contribution is 7.70. The van der Waals surface area contributed by atoms with E-state index in [9.17, 15) is 4.57 Å². The summed E-state index contributed by atoms with van der Waals surface area (Å²) in [5.41, 5.74) is 2.89. The molecule has 0 spiro atoms. The third-order valence-electron chi connectivity index (χ3n) is 3.74. The normalized spacial score (nSPS) is 11.8. The van der Waals surface area contributed by atoms with E-state index >= 15 is 0 Å². The molecule has 0 unspecified atom stereocenters. The van der Waals surface area contributed by atoms with Gasteiger partial charge in [0.1, 0.15) is 19.5 Å². The molecule has 0 N–H and O–H groups in total. The van der Waals surface area contributed by atoms with Crippen LogP contribution in [0.15, 0.2) is 42.5 Å². The summed E-state index contributed by atoms with van der Waals surface area (Å²) in [6.07, 6.45) is 3.99. The van der Waals surface area contributed by atoms with Crippen molar-refractivity contribution < 1.29 is 23.8 Å². The quantitative estimate of drug-likeness (QED) is 0.216. The Morgan fingerprint density at radius 1 is 0.962 bits per heavy atom. The molecule has 0 saturated carbocycles. The van der Waals surface area contributed by atoms with E-state index in [0.717, 1.165) is 22.0 Å². The molecule has 0 heterocycles. The summed E-state index contributed by atoms with van der Waals surface area (Å²) in [4.78, 5) is 9.64. The van der Waals surface area contributed by atoms with Gasteiger partial charge in [-0.15, -0.1) is 0 Å². The second kappa shape index (κ2) is 9.70. The number of benzene rings is 2. The van der Waals surface area contributed by atoms with E-state index in [-0.39, 0.29) is 13.4 Å². The first-order valence-electron chi connectivity index (χ1n) is 8.18. The molecule has 5 nitrogen and oxygen atoms in total. The second-order valence-electron chi connectivity index (χ2n) is 6.12. The first-order valence-corrected chi connectivity index (χ1v) is 10.8.